The van der Waals surface area contributed by atoms with Crippen LogP contribution in [0.3, 0.4) is 0 Å². The molecule has 0 aliphatic rings. The molecule has 0 aliphatic carbocycles. The molecule has 1 N–H and O–H groups in total. The van der Waals surface area contributed by atoms with Crippen molar-refractivity contribution in [1.29, 1.82) is 0 Å². The number of rotatable bonds is 4. The number of hydrogen-bond acceptors (Lipinski definition) is 1. The smallest absolute Gasteiger partial charge is 0.420 e. The standard InChI is InChI=1S/C13H13IO2/c1-2-3-4-7-10-14-12-9-6-5-8-11(12)13(15)16/h5-6,8-9H,2-4H2,1H3/p+1. The van der Waals surface area contributed by atoms with Crippen molar-refractivity contribution in [2.75, 3.05) is 0 Å². The van der Waals surface area contributed by atoms with E-state index in [1.165, 1.54) is 0 Å². The zero-order valence-electron chi connectivity index (χ0n) is 9.16. The summed E-state index contributed by atoms with van der Waals surface area (Å²) in [6, 6.07) is 7.13. The molecule has 0 radical (unpaired) electrons. The second-order valence-corrected chi connectivity index (χ2v) is 5.50. The lowest BCUT2D eigenvalue weighted by Gasteiger charge is -1.90. The molecule has 1 aromatic carbocycles. The van der Waals surface area contributed by atoms with Crippen molar-refractivity contribution in [1.82, 2.24) is 0 Å². The van der Waals surface area contributed by atoms with Gasteiger partial charge in [-0.3, -0.25) is 0 Å². The third-order valence-corrected chi connectivity index (χ3v) is 4.15. The van der Waals surface area contributed by atoms with Crippen LogP contribution < -0.4 is 21.2 Å². The largest absolute Gasteiger partial charge is 0.478 e. The van der Waals surface area contributed by atoms with Crippen LogP contribution in [0.15, 0.2) is 24.3 Å². The first kappa shape index (κ1) is 13.0. The fraction of sp³-hybridized carbons (Fsp3) is 0.308. The van der Waals surface area contributed by atoms with Gasteiger partial charge in [-0.25, -0.2) is 4.79 Å². The molecule has 84 valence electrons. The average Bonchev–Trinajstić information content (AvgIpc) is 2.29. The SMILES string of the molecule is CCCCC#C[I+]c1ccccc1C(=O)O. The first-order valence-electron chi connectivity index (χ1n) is 5.19. The Morgan fingerprint density at radius 3 is 2.88 bits per heavy atom. The van der Waals surface area contributed by atoms with E-state index in [0.717, 1.165) is 22.8 Å². The molecule has 0 aliphatic heterocycles. The Balaban J connectivity index is 2.65. The van der Waals surface area contributed by atoms with Crippen LogP contribution in [0.4, 0.5) is 0 Å². The molecule has 0 amide bonds. The van der Waals surface area contributed by atoms with Gasteiger partial charge in [-0.1, -0.05) is 25.5 Å². The lowest BCUT2D eigenvalue weighted by Crippen LogP contribution is -3.59. The van der Waals surface area contributed by atoms with E-state index in [-0.39, 0.29) is 0 Å². The summed E-state index contributed by atoms with van der Waals surface area (Å²) in [5, 5.41) is 8.98. The summed E-state index contributed by atoms with van der Waals surface area (Å²) in [6.45, 7) is 2.14. The fourth-order valence-corrected chi connectivity index (χ4v) is 2.95. The van der Waals surface area contributed by atoms with Gasteiger partial charge < -0.3 is 5.11 Å². The van der Waals surface area contributed by atoms with E-state index in [1.807, 2.05) is 12.1 Å². The summed E-state index contributed by atoms with van der Waals surface area (Å²) in [4.78, 5) is 10.9. The highest BCUT2D eigenvalue weighted by Gasteiger charge is 2.19. The zero-order chi connectivity index (χ0) is 11.8. The molecule has 1 aromatic rings. The minimum atomic E-state index is -0.856. The maximum atomic E-state index is 10.9. The average molecular weight is 329 g/mol. The Morgan fingerprint density at radius 1 is 1.44 bits per heavy atom. The van der Waals surface area contributed by atoms with Gasteiger partial charge in [0, 0.05) is 6.42 Å². The number of unbranched alkanes of at least 4 members (excludes halogenated alkanes) is 2. The van der Waals surface area contributed by atoms with Crippen LogP contribution in [0.2, 0.25) is 0 Å². The molecule has 0 atom stereocenters. The minimum absolute atomic E-state index is 0.403. The van der Waals surface area contributed by atoms with Crippen LogP contribution in [0.5, 0.6) is 0 Å². The third-order valence-electron chi connectivity index (χ3n) is 1.98. The summed E-state index contributed by atoms with van der Waals surface area (Å²) in [5.74, 6) is 2.25. The number of carboxylic acids is 1. The highest BCUT2D eigenvalue weighted by atomic mass is 127. The summed E-state index contributed by atoms with van der Waals surface area (Å²) in [5.41, 5.74) is 0.403. The number of carbonyl (C=O) groups is 1. The fourth-order valence-electron chi connectivity index (χ4n) is 1.11. The number of halogens is 1. The van der Waals surface area contributed by atoms with Crippen molar-refractivity contribution in [3.05, 3.63) is 33.4 Å². The first-order valence-corrected chi connectivity index (χ1v) is 7.35. The van der Waals surface area contributed by atoms with Gasteiger partial charge >= 0.3 is 27.2 Å². The molecule has 0 aromatic heterocycles. The van der Waals surface area contributed by atoms with Gasteiger partial charge in [0.25, 0.3) is 0 Å². The molecular weight excluding hydrogens is 315 g/mol. The van der Waals surface area contributed by atoms with E-state index in [1.54, 1.807) is 12.1 Å². The van der Waals surface area contributed by atoms with E-state index in [9.17, 15) is 4.79 Å². The van der Waals surface area contributed by atoms with Crippen LogP contribution in [-0.2, 0) is 0 Å². The molecule has 0 heterocycles. The van der Waals surface area contributed by atoms with Gasteiger partial charge in [0.05, 0.1) is 0 Å². The van der Waals surface area contributed by atoms with Gasteiger partial charge in [-0.05, 0) is 24.5 Å². The topological polar surface area (TPSA) is 37.3 Å². The quantitative estimate of drug-likeness (QED) is 0.472. The Labute approximate surface area is 106 Å². The third kappa shape index (κ3) is 4.23. The van der Waals surface area contributed by atoms with Crippen LogP contribution in [-0.4, -0.2) is 11.1 Å². The second kappa shape index (κ2) is 7.29. The van der Waals surface area contributed by atoms with E-state index in [2.05, 4.69) is 16.8 Å². The summed E-state index contributed by atoms with van der Waals surface area (Å²) in [7, 11) is 0. The van der Waals surface area contributed by atoms with Gasteiger partial charge in [0.2, 0.25) is 3.57 Å². The monoisotopic (exact) mass is 329 g/mol. The lowest BCUT2D eigenvalue weighted by atomic mass is 10.2. The molecule has 0 spiro atoms. The molecule has 2 nitrogen and oxygen atoms in total. The first-order chi connectivity index (χ1) is 7.75. The van der Waals surface area contributed by atoms with E-state index >= 15 is 0 Å². The summed E-state index contributed by atoms with van der Waals surface area (Å²) in [6.07, 6.45) is 3.20. The van der Waals surface area contributed by atoms with E-state index in [0.29, 0.717) is 5.56 Å². The Morgan fingerprint density at radius 2 is 2.19 bits per heavy atom. The van der Waals surface area contributed by atoms with Crippen LogP contribution in [0.25, 0.3) is 0 Å². The molecule has 0 bridgehead atoms. The van der Waals surface area contributed by atoms with Crippen molar-refractivity contribution in [2.45, 2.75) is 26.2 Å². The maximum absolute atomic E-state index is 10.9. The van der Waals surface area contributed by atoms with Crippen molar-refractivity contribution in [3.8, 4) is 9.85 Å². The Bertz CT molecular complexity index is 415. The van der Waals surface area contributed by atoms with E-state index in [4.69, 9.17) is 5.11 Å². The van der Waals surface area contributed by atoms with Gasteiger partial charge in [-0.15, -0.1) is 0 Å². The number of aromatic carboxylic acids is 1. The molecule has 0 saturated heterocycles. The normalized spacial score (nSPS) is 9.31. The molecule has 0 fully saturated rings. The predicted octanol–water partition coefficient (Wildman–Crippen LogP) is -0.205. The van der Waals surface area contributed by atoms with Gasteiger partial charge in [0.1, 0.15) is 5.56 Å². The molecule has 0 saturated carbocycles. The van der Waals surface area contributed by atoms with Crippen molar-refractivity contribution in [2.24, 2.45) is 0 Å². The molecule has 16 heavy (non-hydrogen) atoms. The number of carboxylic acid groups (broad SMARTS) is 1. The maximum Gasteiger partial charge on any atom is 0.420 e. The van der Waals surface area contributed by atoms with Crippen LogP contribution in [0.1, 0.15) is 36.5 Å². The van der Waals surface area contributed by atoms with Crippen LogP contribution >= 0.6 is 0 Å². The second-order valence-electron chi connectivity index (χ2n) is 3.25. The minimum Gasteiger partial charge on any atom is -0.478 e. The zero-order valence-corrected chi connectivity index (χ0v) is 11.3. The molecule has 3 heteroatoms. The highest BCUT2D eigenvalue weighted by Crippen LogP contribution is 1.97. The number of hydrogen-bond donors (Lipinski definition) is 1. The lowest BCUT2D eigenvalue weighted by molar-refractivity contribution is -0.535. The van der Waals surface area contributed by atoms with Crippen molar-refractivity contribution in [3.63, 3.8) is 0 Å². The number of benzene rings is 1. The molecular formula is C13H14IO2+. The Kier molecular flexibility index (Phi) is 5.94. The summed E-state index contributed by atoms with van der Waals surface area (Å²) >= 11 is -0.488. The van der Waals surface area contributed by atoms with Crippen molar-refractivity contribution >= 4 is 5.97 Å². The van der Waals surface area contributed by atoms with E-state index < -0.39 is 27.2 Å². The summed E-state index contributed by atoms with van der Waals surface area (Å²) < 4.78 is 4.03. The molecule has 0 unspecified atom stereocenters. The predicted molar refractivity (Wildman–Crippen MR) is 59.4 cm³/mol. The Hall–Kier alpha value is -1.02. The molecule has 1 rings (SSSR count). The highest BCUT2D eigenvalue weighted by molar-refractivity contribution is 5.87. The van der Waals surface area contributed by atoms with Crippen molar-refractivity contribution < 1.29 is 31.1 Å². The van der Waals surface area contributed by atoms with Gasteiger partial charge in [0.15, 0.2) is 3.93 Å². The van der Waals surface area contributed by atoms with Crippen LogP contribution in [0, 0.1) is 13.4 Å². The van der Waals surface area contributed by atoms with Gasteiger partial charge in [-0.2, -0.15) is 0 Å².